The molecule has 1 fully saturated rings. The summed E-state index contributed by atoms with van der Waals surface area (Å²) in [4.78, 5) is 11.3. The van der Waals surface area contributed by atoms with Gasteiger partial charge in [0.05, 0.1) is 26.0 Å². The van der Waals surface area contributed by atoms with Crippen molar-refractivity contribution in [2.45, 2.75) is 32.6 Å². The molecule has 2 aromatic rings. The summed E-state index contributed by atoms with van der Waals surface area (Å²) < 4.78 is 29.6. The molecule has 28 heavy (non-hydrogen) atoms. The lowest BCUT2D eigenvalue weighted by atomic mass is 9.92. The summed E-state index contributed by atoms with van der Waals surface area (Å²) in [5.41, 5.74) is 0.892. The predicted molar refractivity (Wildman–Crippen MR) is 112 cm³/mol. The molecule has 0 spiro atoms. The van der Waals surface area contributed by atoms with Crippen molar-refractivity contribution in [3.63, 3.8) is 0 Å². The molecule has 0 atom stereocenters. The second kappa shape index (κ2) is 9.88. The summed E-state index contributed by atoms with van der Waals surface area (Å²) in [5, 5.41) is 5.35. The van der Waals surface area contributed by atoms with Gasteiger partial charge in [0.2, 0.25) is 10.0 Å². The number of anilines is 1. The Morgan fingerprint density at radius 1 is 1.14 bits per heavy atom. The number of rotatable bonds is 5. The quantitative estimate of drug-likeness (QED) is 0.807. The number of nitrogens with zero attached hydrogens (tertiary/aromatic N) is 3. The van der Waals surface area contributed by atoms with Crippen molar-refractivity contribution in [1.29, 1.82) is 0 Å². The predicted octanol–water partition coefficient (Wildman–Crippen LogP) is 2.57. The Hall–Kier alpha value is -2.13. The van der Waals surface area contributed by atoms with Gasteiger partial charge in [0.15, 0.2) is 11.5 Å². The van der Waals surface area contributed by atoms with Crippen molar-refractivity contribution in [3.05, 3.63) is 18.5 Å². The summed E-state index contributed by atoms with van der Waals surface area (Å²) >= 11 is 0. The molecule has 1 aromatic heterocycles. The molecular weight excluding hydrogens is 380 g/mol. The maximum absolute atomic E-state index is 9.41. The molecule has 0 unspecified atom stereocenters. The average molecular weight is 411 g/mol. The Morgan fingerprint density at radius 2 is 1.71 bits per heavy atom. The summed E-state index contributed by atoms with van der Waals surface area (Å²) in [6, 6.07) is 3.91. The normalized spacial score (nSPS) is 15.1. The number of methoxy groups -OCH3 is 2. The van der Waals surface area contributed by atoms with Crippen LogP contribution in [0.3, 0.4) is 0 Å². The van der Waals surface area contributed by atoms with Gasteiger partial charge in [-0.1, -0.05) is 19.8 Å². The van der Waals surface area contributed by atoms with Crippen molar-refractivity contribution < 1.29 is 17.9 Å². The maximum Gasteiger partial charge on any atom is 0.206 e. The van der Waals surface area contributed by atoms with E-state index in [2.05, 4.69) is 26.9 Å². The summed E-state index contributed by atoms with van der Waals surface area (Å²) in [5.74, 6) is 3.29. The van der Waals surface area contributed by atoms with Crippen LogP contribution in [0.15, 0.2) is 18.5 Å². The van der Waals surface area contributed by atoms with E-state index in [0.29, 0.717) is 5.75 Å². The van der Waals surface area contributed by atoms with Gasteiger partial charge in [-0.2, -0.15) is 0 Å². The molecule has 8 nitrogen and oxygen atoms in total. The minimum Gasteiger partial charge on any atom is -0.493 e. The smallest absolute Gasteiger partial charge is 0.206 e. The van der Waals surface area contributed by atoms with Crippen LogP contribution >= 0.6 is 0 Å². The maximum atomic E-state index is 9.41. The van der Waals surface area contributed by atoms with Crippen molar-refractivity contribution in [2.24, 2.45) is 11.1 Å². The van der Waals surface area contributed by atoms with Crippen molar-refractivity contribution in [1.82, 2.24) is 9.97 Å². The van der Waals surface area contributed by atoms with Gasteiger partial charge < -0.3 is 14.4 Å². The highest BCUT2D eigenvalue weighted by Crippen LogP contribution is 2.36. The first kappa shape index (κ1) is 22.2. The number of hydrogen-bond acceptors (Lipinski definition) is 7. The van der Waals surface area contributed by atoms with Crippen LogP contribution in [0.2, 0.25) is 0 Å². The largest absolute Gasteiger partial charge is 0.493 e. The van der Waals surface area contributed by atoms with Gasteiger partial charge in [0.25, 0.3) is 0 Å². The van der Waals surface area contributed by atoms with E-state index in [9.17, 15) is 8.42 Å². The van der Waals surface area contributed by atoms with Gasteiger partial charge in [-0.25, -0.2) is 23.5 Å². The Bertz CT molecular complexity index is 873. The first-order chi connectivity index (χ1) is 13.3. The van der Waals surface area contributed by atoms with Crippen LogP contribution in [0.25, 0.3) is 10.9 Å². The third kappa shape index (κ3) is 6.20. The van der Waals surface area contributed by atoms with Crippen LogP contribution in [0.1, 0.15) is 32.6 Å². The van der Waals surface area contributed by atoms with E-state index >= 15 is 0 Å². The number of hydrogen-bond donors (Lipinski definition) is 1. The second-order valence-corrected chi connectivity index (χ2v) is 8.63. The number of nitrogens with two attached hydrogens (primary N) is 1. The molecular formula is C19H30N4O4S. The van der Waals surface area contributed by atoms with Gasteiger partial charge >= 0.3 is 0 Å². The molecule has 1 aliphatic heterocycles. The van der Waals surface area contributed by atoms with Crippen molar-refractivity contribution in [2.75, 3.05) is 38.5 Å². The molecule has 0 amide bonds. The zero-order chi connectivity index (χ0) is 20.7. The number of piperidine rings is 1. The molecule has 2 heterocycles. The third-order valence-electron chi connectivity index (χ3n) is 4.73. The monoisotopic (exact) mass is 410 g/mol. The summed E-state index contributed by atoms with van der Waals surface area (Å²) in [7, 11) is 0.133. The topological polar surface area (TPSA) is 108 Å². The molecule has 1 aromatic carbocycles. The number of primary sulfonamides is 1. The van der Waals surface area contributed by atoms with Gasteiger partial charge in [-0.15, -0.1) is 0 Å². The van der Waals surface area contributed by atoms with Crippen LogP contribution in [0.4, 0.5) is 5.82 Å². The van der Waals surface area contributed by atoms with Crippen LogP contribution in [-0.2, 0) is 10.0 Å². The summed E-state index contributed by atoms with van der Waals surface area (Å²) in [6.45, 7) is 4.39. The lowest BCUT2D eigenvalue weighted by molar-refractivity contribution is 0.355. The Morgan fingerprint density at radius 3 is 2.25 bits per heavy atom. The Labute approximate surface area is 167 Å². The van der Waals surface area contributed by atoms with E-state index in [0.717, 1.165) is 47.7 Å². The fourth-order valence-electron chi connectivity index (χ4n) is 3.46. The van der Waals surface area contributed by atoms with E-state index in [1.807, 2.05) is 12.1 Å². The molecule has 0 bridgehead atoms. The zero-order valence-electron chi connectivity index (χ0n) is 17.0. The Kier molecular flexibility index (Phi) is 7.82. The second-order valence-electron chi connectivity index (χ2n) is 6.97. The molecule has 0 radical (unpaired) electrons. The standard InChI is InChI=1S/C18H25N3O2.CH5NO2S/c1-4-5-13-6-8-21(9-7-13)18-14-10-16(22-2)17(23-3)11-15(14)19-12-20-18;1-5(2,3)4/h10-13H,4-9H2,1-3H3;1H3,(H2,2,3,4). The molecule has 3 rings (SSSR count). The highest BCUT2D eigenvalue weighted by molar-refractivity contribution is 7.88. The average Bonchev–Trinajstić information content (AvgIpc) is 2.66. The lowest BCUT2D eigenvalue weighted by Gasteiger charge is -2.33. The van der Waals surface area contributed by atoms with Crippen molar-refractivity contribution >= 4 is 26.7 Å². The van der Waals surface area contributed by atoms with Gasteiger partial charge in [-0.3, -0.25) is 0 Å². The molecule has 156 valence electrons. The fourth-order valence-corrected chi connectivity index (χ4v) is 3.46. The fraction of sp³-hybridized carbons (Fsp3) is 0.579. The summed E-state index contributed by atoms with van der Waals surface area (Å²) in [6.07, 6.45) is 7.68. The van der Waals surface area contributed by atoms with E-state index in [-0.39, 0.29) is 0 Å². The van der Waals surface area contributed by atoms with Gasteiger partial charge in [-0.05, 0) is 24.8 Å². The molecule has 1 saturated heterocycles. The number of aromatic nitrogens is 2. The van der Waals surface area contributed by atoms with Crippen LogP contribution < -0.4 is 19.5 Å². The number of fused-ring (bicyclic) bond motifs is 1. The van der Waals surface area contributed by atoms with Gasteiger partial charge in [0, 0.05) is 24.5 Å². The number of ether oxygens (including phenoxy) is 2. The molecule has 0 saturated carbocycles. The first-order valence-corrected chi connectivity index (χ1v) is 11.3. The first-order valence-electron chi connectivity index (χ1n) is 9.36. The zero-order valence-corrected chi connectivity index (χ0v) is 17.8. The molecule has 2 N–H and O–H groups in total. The van der Waals surface area contributed by atoms with E-state index in [4.69, 9.17) is 9.47 Å². The lowest BCUT2D eigenvalue weighted by Crippen LogP contribution is -2.34. The molecule has 1 aliphatic rings. The minimum atomic E-state index is -3.17. The number of benzene rings is 1. The van der Waals surface area contributed by atoms with Crippen molar-refractivity contribution in [3.8, 4) is 11.5 Å². The highest BCUT2D eigenvalue weighted by atomic mass is 32.2. The van der Waals surface area contributed by atoms with Crippen LogP contribution in [0.5, 0.6) is 11.5 Å². The Balaban J connectivity index is 0.000000500. The SMILES string of the molecule is CCCC1CCN(c2ncnc3cc(OC)c(OC)cc23)CC1.CS(N)(=O)=O. The van der Waals surface area contributed by atoms with E-state index < -0.39 is 10.0 Å². The third-order valence-corrected chi connectivity index (χ3v) is 4.73. The van der Waals surface area contributed by atoms with E-state index in [1.165, 1.54) is 25.7 Å². The van der Waals surface area contributed by atoms with Gasteiger partial charge in [0.1, 0.15) is 12.1 Å². The minimum absolute atomic E-state index is 0.700. The highest BCUT2D eigenvalue weighted by Gasteiger charge is 2.22. The van der Waals surface area contributed by atoms with E-state index in [1.54, 1.807) is 20.5 Å². The van der Waals surface area contributed by atoms with Crippen LogP contribution in [-0.4, -0.2) is 52.0 Å². The van der Waals surface area contributed by atoms with Crippen LogP contribution in [0, 0.1) is 5.92 Å². The number of sulfonamides is 1. The molecule has 9 heteroatoms. The molecule has 0 aliphatic carbocycles.